The Hall–Kier alpha value is -2.82. The molecular formula is C21H26N2O3. The molecule has 5 heteroatoms. The van der Waals surface area contributed by atoms with Gasteiger partial charge in [-0.25, -0.2) is 0 Å². The molecule has 5 nitrogen and oxygen atoms in total. The maximum atomic E-state index is 12.4. The molecule has 0 atom stereocenters. The lowest BCUT2D eigenvalue weighted by Crippen LogP contribution is -2.18. The fraction of sp³-hybridized carbons (Fsp3) is 0.333. The summed E-state index contributed by atoms with van der Waals surface area (Å²) in [5.41, 5.74) is 1.61. The molecule has 0 aliphatic heterocycles. The summed E-state index contributed by atoms with van der Waals surface area (Å²) in [6, 6.07) is 13.9. The van der Waals surface area contributed by atoms with E-state index in [-0.39, 0.29) is 11.8 Å². The Morgan fingerprint density at radius 1 is 0.923 bits per heavy atom. The fourth-order valence-corrected chi connectivity index (χ4v) is 2.51. The van der Waals surface area contributed by atoms with Gasteiger partial charge in [0.2, 0.25) is 0 Å². The van der Waals surface area contributed by atoms with Gasteiger partial charge in [-0.15, -0.1) is 0 Å². The average molecular weight is 354 g/mol. The van der Waals surface area contributed by atoms with E-state index in [1.54, 1.807) is 55.6 Å². The minimum Gasteiger partial charge on any atom is -0.494 e. The van der Waals surface area contributed by atoms with Gasteiger partial charge in [0.05, 0.1) is 6.61 Å². The normalized spacial score (nSPS) is 10.2. The van der Waals surface area contributed by atoms with E-state index in [2.05, 4.69) is 17.6 Å². The predicted molar refractivity (Wildman–Crippen MR) is 104 cm³/mol. The number of ether oxygens (including phenoxy) is 1. The number of nitrogens with one attached hydrogen (secondary N) is 2. The van der Waals surface area contributed by atoms with Gasteiger partial charge < -0.3 is 15.4 Å². The molecule has 0 saturated heterocycles. The first-order valence-electron chi connectivity index (χ1n) is 9.00. The molecule has 26 heavy (non-hydrogen) atoms. The van der Waals surface area contributed by atoms with Crippen LogP contribution in [0.5, 0.6) is 5.75 Å². The van der Waals surface area contributed by atoms with Crippen LogP contribution < -0.4 is 15.4 Å². The highest BCUT2D eigenvalue weighted by Crippen LogP contribution is 2.16. The zero-order chi connectivity index (χ0) is 18.8. The number of benzene rings is 2. The van der Waals surface area contributed by atoms with Gasteiger partial charge in [-0.05, 0) is 48.9 Å². The number of anilines is 1. The van der Waals surface area contributed by atoms with Crippen molar-refractivity contribution in [1.82, 2.24) is 5.32 Å². The number of carbonyl (C=O) groups excluding carboxylic acids is 2. The lowest BCUT2D eigenvalue weighted by Gasteiger charge is -2.09. The van der Waals surface area contributed by atoms with Gasteiger partial charge >= 0.3 is 0 Å². The van der Waals surface area contributed by atoms with Crippen molar-refractivity contribution in [3.63, 3.8) is 0 Å². The third-order valence-corrected chi connectivity index (χ3v) is 3.99. The first kappa shape index (κ1) is 19.5. The van der Waals surface area contributed by atoms with Crippen LogP contribution in [0.4, 0.5) is 5.69 Å². The Morgan fingerprint density at radius 2 is 1.69 bits per heavy atom. The van der Waals surface area contributed by atoms with E-state index in [9.17, 15) is 9.59 Å². The van der Waals surface area contributed by atoms with Crippen molar-refractivity contribution in [3.8, 4) is 5.75 Å². The molecule has 0 saturated carbocycles. The molecule has 2 aromatic carbocycles. The SMILES string of the molecule is CCCCCCOc1ccc(C(=O)Nc2cccc(C(=O)NC)c2)cc1. The van der Waals surface area contributed by atoms with Gasteiger partial charge in [0.15, 0.2) is 0 Å². The van der Waals surface area contributed by atoms with E-state index in [0.717, 1.165) is 12.2 Å². The van der Waals surface area contributed by atoms with Crippen LogP contribution in [0.3, 0.4) is 0 Å². The molecule has 0 aliphatic carbocycles. The first-order valence-corrected chi connectivity index (χ1v) is 9.00. The molecule has 0 unspecified atom stereocenters. The molecule has 0 radical (unpaired) electrons. The van der Waals surface area contributed by atoms with Gasteiger partial charge in [0.25, 0.3) is 11.8 Å². The second kappa shape index (κ2) is 10.2. The Bertz CT molecular complexity index is 726. The number of hydrogen-bond acceptors (Lipinski definition) is 3. The summed E-state index contributed by atoms with van der Waals surface area (Å²) in [6.45, 7) is 2.87. The van der Waals surface area contributed by atoms with Gasteiger partial charge in [0.1, 0.15) is 5.75 Å². The lowest BCUT2D eigenvalue weighted by molar-refractivity contribution is 0.0961. The van der Waals surface area contributed by atoms with E-state index in [0.29, 0.717) is 23.4 Å². The van der Waals surface area contributed by atoms with Crippen LogP contribution in [-0.2, 0) is 0 Å². The maximum absolute atomic E-state index is 12.4. The van der Waals surface area contributed by atoms with E-state index in [4.69, 9.17) is 4.74 Å². The van der Waals surface area contributed by atoms with Crippen LogP contribution in [0.1, 0.15) is 53.3 Å². The van der Waals surface area contributed by atoms with Gasteiger partial charge in [-0.3, -0.25) is 9.59 Å². The van der Waals surface area contributed by atoms with Crippen molar-refractivity contribution in [2.24, 2.45) is 0 Å². The molecule has 0 aromatic heterocycles. The second-order valence-electron chi connectivity index (χ2n) is 6.05. The highest BCUT2D eigenvalue weighted by atomic mass is 16.5. The van der Waals surface area contributed by atoms with Crippen molar-refractivity contribution in [2.75, 3.05) is 19.0 Å². The maximum Gasteiger partial charge on any atom is 0.255 e. The third kappa shape index (κ3) is 5.92. The van der Waals surface area contributed by atoms with Crippen LogP contribution in [0.2, 0.25) is 0 Å². The molecule has 0 heterocycles. The molecule has 2 N–H and O–H groups in total. The molecule has 2 rings (SSSR count). The van der Waals surface area contributed by atoms with Crippen LogP contribution in [-0.4, -0.2) is 25.5 Å². The summed E-state index contributed by atoms with van der Waals surface area (Å²) in [6.07, 6.45) is 4.64. The summed E-state index contributed by atoms with van der Waals surface area (Å²) in [5, 5.41) is 5.37. The quantitative estimate of drug-likeness (QED) is 0.661. The first-order chi connectivity index (χ1) is 12.6. The van der Waals surface area contributed by atoms with Crippen molar-refractivity contribution in [3.05, 3.63) is 59.7 Å². The van der Waals surface area contributed by atoms with E-state index < -0.39 is 0 Å². The molecule has 2 amide bonds. The Morgan fingerprint density at radius 3 is 2.38 bits per heavy atom. The molecule has 138 valence electrons. The highest BCUT2D eigenvalue weighted by Gasteiger charge is 2.08. The van der Waals surface area contributed by atoms with Crippen LogP contribution in [0.25, 0.3) is 0 Å². The topological polar surface area (TPSA) is 67.4 Å². The zero-order valence-electron chi connectivity index (χ0n) is 15.4. The minimum atomic E-state index is -0.228. The summed E-state index contributed by atoms with van der Waals surface area (Å²) in [4.78, 5) is 24.0. The van der Waals surface area contributed by atoms with E-state index in [1.807, 2.05) is 0 Å². The van der Waals surface area contributed by atoms with Crippen molar-refractivity contribution in [2.45, 2.75) is 32.6 Å². The van der Waals surface area contributed by atoms with Gasteiger partial charge in [0, 0.05) is 23.9 Å². The Balaban J connectivity index is 1.90. The Kier molecular flexibility index (Phi) is 7.68. The van der Waals surface area contributed by atoms with Crippen molar-refractivity contribution >= 4 is 17.5 Å². The molecule has 0 spiro atoms. The summed E-state index contributed by atoms with van der Waals surface area (Å²) in [7, 11) is 1.57. The zero-order valence-corrected chi connectivity index (χ0v) is 15.4. The number of amides is 2. The highest BCUT2D eigenvalue weighted by molar-refractivity contribution is 6.05. The molecule has 0 fully saturated rings. The van der Waals surface area contributed by atoms with Crippen molar-refractivity contribution in [1.29, 1.82) is 0 Å². The molecule has 0 aliphatic rings. The van der Waals surface area contributed by atoms with E-state index >= 15 is 0 Å². The van der Waals surface area contributed by atoms with Gasteiger partial charge in [-0.2, -0.15) is 0 Å². The van der Waals surface area contributed by atoms with E-state index in [1.165, 1.54) is 19.3 Å². The number of rotatable bonds is 9. The van der Waals surface area contributed by atoms with Crippen molar-refractivity contribution < 1.29 is 14.3 Å². The molecular weight excluding hydrogens is 328 g/mol. The second-order valence-corrected chi connectivity index (χ2v) is 6.05. The number of unbranched alkanes of at least 4 members (excludes halogenated alkanes) is 3. The van der Waals surface area contributed by atoms with Gasteiger partial charge in [-0.1, -0.05) is 32.3 Å². The number of carbonyl (C=O) groups is 2. The Labute approximate surface area is 154 Å². The standard InChI is InChI=1S/C21H26N2O3/c1-3-4-5-6-14-26-19-12-10-16(11-13-19)21(25)23-18-9-7-8-17(15-18)20(24)22-2/h7-13,15H,3-6,14H2,1-2H3,(H,22,24)(H,23,25). The molecule has 2 aromatic rings. The summed E-state index contributed by atoms with van der Waals surface area (Å²) in [5.74, 6) is 0.342. The monoisotopic (exact) mass is 354 g/mol. The van der Waals surface area contributed by atoms with Crippen LogP contribution in [0.15, 0.2) is 48.5 Å². The minimum absolute atomic E-state index is 0.193. The number of hydrogen-bond donors (Lipinski definition) is 2. The smallest absolute Gasteiger partial charge is 0.255 e. The summed E-state index contributed by atoms with van der Waals surface area (Å²) < 4.78 is 5.68. The van der Waals surface area contributed by atoms with Crippen LogP contribution in [0, 0.1) is 0 Å². The largest absolute Gasteiger partial charge is 0.494 e. The molecule has 0 bridgehead atoms. The predicted octanol–water partition coefficient (Wildman–Crippen LogP) is 4.26. The average Bonchev–Trinajstić information content (AvgIpc) is 2.68. The lowest BCUT2D eigenvalue weighted by atomic mass is 10.1. The van der Waals surface area contributed by atoms with Crippen LogP contribution >= 0.6 is 0 Å². The summed E-state index contributed by atoms with van der Waals surface area (Å²) >= 11 is 0. The third-order valence-electron chi connectivity index (χ3n) is 3.99. The fourth-order valence-electron chi connectivity index (χ4n) is 2.51.